The highest BCUT2D eigenvalue weighted by Crippen LogP contribution is 2.27. The summed E-state index contributed by atoms with van der Waals surface area (Å²) < 4.78 is 32.0. The van der Waals surface area contributed by atoms with Crippen LogP contribution in [0.2, 0.25) is 0 Å². The molecule has 500 valence electrons. The van der Waals surface area contributed by atoms with Crippen molar-refractivity contribution in [2.75, 3.05) is 110 Å². The number of ketones is 2. The number of rotatable bonds is 54. The molecule has 4 atom stereocenters. The van der Waals surface area contributed by atoms with Crippen LogP contribution in [0.4, 0.5) is 0 Å². The summed E-state index contributed by atoms with van der Waals surface area (Å²) in [4.78, 5) is 137. The van der Waals surface area contributed by atoms with E-state index < -0.39 is 26.5 Å². The first kappa shape index (κ1) is 84.4. The van der Waals surface area contributed by atoms with Crippen LogP contribution >= 0.6 is 30.2 Å². The van der Waals surface area contributed by atoms with Gasteiger partial charge in [-0.05, 0) is 58.3 Å². The quantitative estimate of drug-likeness (QED) is 0.0239. The Morgan fingerprint density at radius 2 is 0.953 bits per heavy atom. The van der Waals surface area contributed by atoms with Crippen LogP contribution in [0.25, 0.3) is 0 Å². The van der Waals surface area contributed by atoms with E-state index in [0.717, 1.165) is 61.2 Å². The molecule has 86 heavy (non-hydrogen) atoms. The molecular weight excluding hydrogens is 1180 g/mol. The van der Waals surface area contributed by atoms with Gasteiger partial charge in [0.05, 0.1) is 61.5 Å². The van der Waals surface area contributed by atoms with Gasteiger partial charge in [0.25, 0.3) is 0 Å². The van der Waals surface area contributed by atoms with Gasteiger partial charge in [0.2, 0.25) is 47.3 Å². The summed E-state index contributed by atoms with van der Waals surface area (Å²) in [6.45, 7) is 18.5. The summed E-state index contributed by atoms with van der Waals surface area (Å²) in [6.07, 6.45) is 12.0. The number of amides is 8. The first-order valence-corrected chi connectivity index (χ1v) is 34.8. The minimum atomic E-state index is -2.00. The van der Waals surface area contributed by atoms with E-state index in [1.165, 1.54) is 0 Å². The molecule has 0 saturated carbocycles. The van der Waals surface area contributed by atoms with Crippen LogP contribution in [-0.2, 0) is 75.9 Å². The molecule has 0 aromatic carbocycles. The molecule has 2 aliphatic rings. The van der Waals surface area contributed by atoms with Crippen LogP contribution in [0, 0.1) is 11.8 Å². The van der Waals surface area contributed by atoms with E-state index >= 15 is 0 Å². The van der Waals surface area contributed by atoms with Crippen molar-refractivity contribution in [1.82, 2.24) is 31.1 Å². The predicted octanol–water partition coefficient (Wildman–Crippen LogP) is 5.87. The van der Waals surface area contributed by atoms with E-state index in [4.69, 9.17) is 28.0 Å². The van der Waals surface area contributed by atoms with E-state index in [0.29, 0.717) is 155 Å². The van der Waals surface area contributed by atoms with E-state index in [2.05, 4.69) is 21.3 Å². The molecule has 2 heterocycles. The second-order valence-corrected chi connectivity index (χ2v) is 23.7. The van der Waals surface area contributed by atoms with Crippen molar-refractivity contribution in [3.8, 4) is 0 Å². The Labute approximate surface area is 522 Å². The number of carbonyl (C=O) groups is 10. The highest BCUT2D eigenvalue weighted by molar-refractivity contribution is 8.76. The molecule has 3 unspecified atom stereocenters. The molecule has 0 spiro atoms. The number of Topliss-reactive ketones (excluding diaryl/α,β-unsaturated/α-hetero) is 2. The Morgan fingerprint density at radius 3 is 1.50 bits per heavy atom. The molecular formula is C59H108N6O18PS2-. The highest BCUT2D eigenvalue weighted by Gasteiger charge is 2.36. The Balaban J connectivity index is 0. The van der Waals surface area contributed by atoms with Crippen molar-refractivity contribution in [2.45, 2.75) is 196 Å². The zero-order valence-corrected chi connectivity index (χ0v) is 55.4. The maximum absolute atomic E-state index is 13.2. The molecule has 0 bridgehead atoms. The third kappa shape index (κ3) is 44.7. The molecule has 8 amide bonds. The molecule has 2 fully saturated rings. The van der Waals surface area contributed by atoms with Crippen LogP contribution < -0.4 is 26.2 Å². The van der Waals surface area contributed by atoms with Gasteiger partial charge in [-0.1, -0.05) is 95.2 Å². The molecule has 0 aromatic heterocycles. The summed E-state index contributed by atoms with van der Waals surface area (Å²) in [5, 5.41) is 11.3. The fraction of sp³-hybridized carbons (Fsp3) is 0.831. The van der Waals surface area contributed by atoms with Crippen LogP contribution in [0.15, 0.2) is 0 Å². The van der Waals surface area contributed by atoms with Gasteiger partial charge in [-0.15, -0.1) is 0 Å². The van der Waals surface area contributed by atoms with Gasteiger partial charge in [-0.3, -0.25) is 57.7 Å². The lowest BCUT2D eigenvalue weighted by atomic mass is 10.1. The van der Waals surface area contributed by atoms with E-state index in [1.807, 2.05) is 27.7 Å². The Kier molecular flexibility index (Phi) is 56.6. The maximum Gasteiger partial charge on any atom is 0.242 e. The maximum atomic E-state index is 13.2. The van der Waals surface area contributed by atoms with Crippen LogP contribution in [0.1, 0.15) is 190 Å². The van der Waals surface area contributed by atoms with Crippen molar-refractivity contribution in [2.24, 2.45) is 11.8 Å². The number of ether oxygens (including phenoxy) is 4. The number of likely N-dealkylation sites (tertiary alicyclic amines) is 2. The van der Waals surface area contributed by atoms with Gasteiger partial charge in [-0.2, -0.15) is 0 Å². The zero-order chi connectivity index (χ0) is 63.3. The van der Waals surface area contributed by atoms with Crippen molar-refractivity contribution in [3.05, 3.63) is 0 Å². The number of hydrogen-bond acceptors (Lipinski definition) is 19. The second-order valence-electron chi connectivity index (χ2n) is 20.0. The number of hydrogen-bond donors (Lipinski definition) is 4. The lowest BCUT2D eigenvalue weighted by Crippen LogP contribution is -2.47. The average Bonchev–Trinajstić information content (AvgIpc) is 3.18. The SMILES string of the molecule is CC.CC.CCOP([O-])OCCCCCCCC(=O)CCOCCOCCOCCOCCCC(=O)CCSSCCC(=O)NCCCCCCNC(=O)[C@@H](CCCCNC(=O)CCN1C(=O)CC(C)C1=O)NC(=O)CCN1C(=O)CC(C)C1=O.O. The molecule has 0 aromatic rings. The van der Waals surface area contributed by atoms with Crippen molar-refractivity contribution in [3.63, 3.8) is 0 Å². The fourth-order valence-corrected chi connectivity index (χ4v) is 11.0. The van der Waals surface area contributed by atoms with Crippen molar-refractivity contribution in [1.29, 1.82) is 0 Å². The van der Waals surface area contributed by atoms with E-state index in [9.17, 15) is 52.8 Å². The highest BCUT2D eigenvalue weighted by atomic mass is 33.1. The number of imide groups is 2. The summed E-state index contributed by atoms with van der Waals surface area (Å²) in [7, 11) is 1.15. The Bertz CT molecular complexity index is 1880. The monoisotopic (exact) mass is 1280 g/mol. The van der Waals surface area contributed by atoms with E-state index in [-0.39, 0.29) is 110 Å². The molecule has 0 aliphatic carbocycles. The minimum Gasteiger partial charge on any atom is -0.786 e. The van der Waals surface area contributed by atoms with Gasteiger partial charge in [0.15, 0.2) is 0 Å². The minimum absolute atomic E-state index is 0. The molecule has 27 heteroatoms. The van der Waals surface area contributed by atoms with Gasteiger partial charge in [0, 0.05) is 127 Å². The summed E-state index contributed by atoms with van der Waals surface area (Å²) in [6, 6.07) is -0.871. The molecule has 2 rings (SSSR count). The van der Waals surface area contributed by atoms with Crippen LogP contribution in [0.3, 0.4) is 0 Å². The van der Waals surface area contributed by atoms with Crippen molar-refractivity contribution >= 4 is 89.0 Å². The number of unbranched alkanes of at least 4 members (excludes halogenated alkanes) is 8. The van der Waals surface area contributed by atoms with Gasteiger partial charge < -0.3 is 59.6 Å². The average molecular weight is 1280 g/mol. The lowest BCUT2D eigenvalue weighted by Gasteiger charge is -2.20. The van der Waals surface area contributed by atoms with Crippen LogP contribution in [-0.4, -0.2) is 190 Å². The van der Waals surface area contributed by atoms with Gasteiger partial charge in [0.1, 0.15) is 17.6 Å². The third-order valence-corrected chi connectivity index (χ3v) is 16.3. The number of nitrogens with one attached hydrogen (secondary N) is 4. The topological polar surface area (TPSA) is 335 Å². The zero-order valence-electron chi connectivity index (χ0n) is 52.9. The summed E-state index contributed by atoms with van der Waals surface area (Å²) in [5.74, 6) is -1.50. The standard InChI is InChI=1S/C55H94N6O17PS2.2C2H6.H2O/c1-4-77-79(72)78-31-15-9-5-6-10-17-45(62)22-32-74-34-36-76-38-37-75-35-33-73-30-16-18-46(63)23-39-80-81-40-24-49(65)57-25-12-7-8-13-27-58-53(69)47(59-50(66)21-29-61-52(68)42-44(3)55(61)71)19-11-14-26-56-48(64)20-28-60-51(67)41-43(2)54(60)70;2*1-2;/h43-44,47H,4-42H2,1-3H3,(H,56,64)(H,57,65)(H,58,69)(H,59,66);2*1-2H3;1H2/q-1;;;/t43?,44?,47-,79?;;;/m1.../s1. The fourth-order valence-electron chi connectivity index (χ4n) is 8.39. The molecule has 24 nitrogen and oxygen atoms in total. The smallest absolute Gasteiger partial charge is 0.242 e. The van der Waals surface area contributed by atoms with Crippen LogP contribution in [0.5, 0.6) is 0 Å². The summed E-state index contributed by atoms with van der Waals surface area (Å²) >= 11 is 0. The number of nitrogens with zero attached hydrogens (tertiary/aromatic N) is 2. The molecule has 2 aliphatic heterocycles. The Morgan fingerprint density at radius 1 is 0.512 bits per heavy atom. The van der Waals surface area contributed by atoms with Gasteiger partial charge >= 0.3 is 0 Å². The summed E-state index contributed by atoms with van der Waals surface area (Å²) in [5.41, 5.74) is 0. The first-order valence-electron chi connectivity index (χ1n) is 31.2. The van der Waals surface area contributed by atoms with E-state index in [1.54, 1.807) is 42.4 Å². The lowest BCUT2D eigenvalue weighted by molar-refractivity contribution is -0.204. The Hall–Kier alpha value is -3.69. The second kappa shape index (κ2) is 57.7. The first-order chi connectivity index (χ1) is 41.1. The normalized spacial score (nSPS) is 15.3. The molecule has 0 radical (unpaired) electrons. The molecule has 2 saturated heterocycles. The molecule has 6 N–H and O–H groups in total. The third-order valence-electron chi connectivity index (χ3n) is 13.1. The largest absolute Gasteiger partial charge is 0.786 e. The predicted molar refractivity (Wildman–Crippen MR) is 333 cm³/mol. The number of carbonyl (C=O) groups excluding carboxylic acids is 10. The van der Waals surface area contributed by atoms with Gasteiger partial charge in [-0.25, -0.2) is 0 Å². The van der Waals surface area contributed by atoms with Crippen molar-refractivity contribution < 1.29 is 86.3 Å².